The maximum atomic E-state index is 5.55. The van der Waals surface area contributed by atoms with Gasteiger partial charge in [-0.3, -0.25) is 0 Å². The van der Waals surface area contributed by atoms with Gasteiger partial charge in [-0.1, -0.05) is 12.2 Å². The second kappa shape index (κ2) is 5.45. The highest BCUT2D eigenvalue weighted by Crippen LogP contribution is 1.85. The minimum Gasteiger partial charge on any atom is -0.328 e. The first-order valence-corrected chi connectivity index (χ1v) is 3.73. The van der Waals surface area contributed by atoms with Gasteiger partial charge < -0.3 is 11.1 Å². The van der Waals surface area contributed by atoms with E-state index in [1.165, 1.54) is 5.57 Å². The van der Waals surface area contributed by atoms with Crippen LogP contribution in [0.1, 0.15) is 20.3 Å². The molecule has 3 N–H and O–H groups in total. The summed E-state index contributed by atoms with van der Waals surface area (Å²) in [6.45, 7) is 9.71. The van der Waals surface area contributed by atoms with Crippen LogP contribution in [0.15, 0.2) is 12.2 Å². The molecule has 0 aliphatic carbocycles. The van der Waals surface area contributed by atoms with Crippen LogP contribution in [0, 0.1) is 0 Å². The van der Waals surface area contributed by atoms with E-state index in [2.05, 4.69) is 11.9 Å². The molecule has 0 aromatic heterocycles. The summed E-state index contributed by atoms with van der Waals surface area (Å²) in [5.74, 6) is 0. The Balaban J connectivity index is 2.98. The van der Waals surface area contributed by atoms with Crippen LogP contribution in [0.3, 0.4) is 0 Å². The maximum absolute atomic E-state index is 5.55. The van der Waals surface area contributed by atoms with Gasteiger partial charge in [0, 0.05) is 12.6 Å². The molecule has 0 heterocycles. The zero-order valence-electron chi connectivity index (χ0n) is 6.98. The Bertz CT molecular complexity index is 97.4. The van der Waals surface area contributed by atoms with Crippen LogP contribution >= 0.6 is 0 Å². The van der Waals surface area contributed by atoms with Crippen molar-refractivity contribution < 1.29 is 0 Å². The molecule has 0 saturated heterocycles. The fraction of sp³-hybridized carbons (Fsp3) is 0.750. The molecular formula is C8H18N2. The first-order valence-electron chi connectivity index (χ1n) is 3.73. The second-order valence-electron chi connectivity index (χ2n) is 2.90. The molecule has 0 bridgehead atoms. The molecule has 0 aromatic carbocycles. The third-order valence-electron chi connectivity index (χ3n) is 1.20. The molecule has 60 valence electrons. The van der Waals surface area contributed by atoms with E-state index in [-0.39, 0.29) is 0 Å². The third-order valence-corrected chi connectivity index (χ3v) is 1.20. The first-order chi connectivity index (χ1) is 4.63. The lowest BCUT2D eigenvalue weighted by molar-refractivity contribution is 0.607. The van der Waals surface area contributed by atoms with Crippen molar-refractivity contribution in [1.82, 2.24) is 5.32 Å². The van der Waals surface area contributed by atoms with Gasteiger partial charge in [-0.05, 0) is 26.8 Å². The zero-order chi connectivity index (χ0) is 7.98. The van der Waals surface area contributed by atoms with Crippen LogP contribution < -0.4 is 11.1 Å². The molecule has 0 saturated carbocycles. The van der Waals surface area contributed by atoms with Crippen molar-refractivity contribution >= 4 is 0 Å². The molecule has 1 unspecified atom stereocenters. The van der Waals surface area contributed by atoms with E-state index in [0.29, 0.717) is 6.04 Å². The Morgan fingerprint density at radius 2 is 2.30 bits per heavy atom. The summed E-state index contributed by atoms with van der Waals surface area (Å²) in [6.07, 6.45) is 1.04. The lowest BCUT2D eigenvalue weighted by atomic mass is 10.2. The lowest BCUT2D eigenvalue weighted by Gasteiger charge is -2.05. The first kappa shape index (κ1) is 9.66. The molecular weight excluding hydrogens is 124 g/mol. The van der Waals surface area contributed by atoms with Crippen LogP contribution in [0.4, 0.5) is 0 Å². The van der Waals surface area contributed by atoms with Gasteiger partial charge in [0.15, 0.2) is 0 Å². The predicted octanol–water partition coefficient (Wildman–Crippen LogP) is 0.889. The van der Waals surface area contributed by atoms with Crippen LogP contribution in [0.25, 0.3) is 0 Å². The van der Waals surface area contributed by atoms with Gasteiger partial charge in [0.2, 0.25) is 0 Å². The fourth-order valence-corrected chi connectivity index (χ4v) is 0.632. The third kappa shape index (κ3) is 7.66. The summed E-state index contributed by atoms with van der Waals surface area (Å²) < 4.78 is 0. The molecule has 0 aromatic rings. The van der Waals surface area contributed by atoms with Gasteiger partial charge in [0.25, 0.3) is 0 Å². The number of nitrogens with two attached hydrogens (primary N) is 1. The van der Waals surface area contributed by atoms with Crippen LogP contribution in [0.2, 0.25) is 0 Å². The van der Waals surface area contributed by atoms with Crippen molar-refractivity contribution in [2.45, 2.75) is 26.3 Å². The van der Waals surface area contributed by atoms with Crippen molar-refractivity contribution in [3.63, 3.8) is 0 Å². The summed E-state index contributed by atoms with van der Waals surface area (Å²) in [5.41, 5.74) is 6.72. The predicted molar refractivity (Wildman–Crippen MR) is 46.0 cm³/mol. The topological polar surface area (TPSA) is 38.0 Å². The number of rotatable bonds is 5. The average molecular weight is 142 g/mol. The Morgan fingerprint density at radius 3 is 2.70 bits per heavy atom. The van der Waals surface area contributed by atoms with E-state index in [9.17, 15) is 0 Å². The molecule has 1 atom stereocenters. The normalized spacial score (nSPS) is 13.1. The van der Waals surface area contributed by atoms with Gasteiger partial charge >= 0.3 is 0 Å². The van der Waals surface area contributed by atoms with E-state index in [1.54, 1.807) is 0 Å². The summed E-state index contributed by atoms with van der Waals surface area (Å²) in [7, 11) is 0. The highest BCUT2D eigenvalue weighted by atomic mass is 14.9. The average Bonchev–Trinajstić information content (AvgIpc) is 1.79. The van der Waals surface area contributed by atoms with Crippen molar-refractivity contribution in [1.29, 1.82) is 0 Å². The summed E-state index contributed by atoms with van der Waals surface area (Å²) >= 11 is 0. The van der Waals surface area contributed by atoms with Gasteiger partial charge in [0.05, 0.1) is 0 Å². The van der Waals surface area contributed by atoms with Gasteiger partial charge in [0.1, 0.15) is 0 Å². The number of hydrogen-bond acceptors (Lipinski definition) is 2. The molecule has 0 aliphatic rings. The second-order valence-corrected chi connectivity index (χ2v) is 2.90. The Morgan fingerprint density at radius 1 is 1.70 bits per heavy atom. The highest BCUT2D eigenvalue weighted by Gasteiger charge is 1.91. The van der Waals surface area contributed by atoms with Gasteiger partial charge in [-0.25, -0.2) is 0 Å². The molecule has 2 heteroatoms. The standard InChI is InChI=1S/C8H18N2/c1-7(2)6-10-5-4-8(3)9/h8,10H,1,4-6,9H2,2-3H3. The molecule has 10 heavy (non-hydrogen) atoms. The quantitative estimate of drug-likeness (QED) is 0.442. The van der Waals surface area contributed by atoms with E-state index < -0.39 is 0 Å². The smallest absolute Gasteiger partial charge is 0.0159 e. The van der Waals surface area contributed by atoms with Crippen molar-refractivity contribution in [2.24, 2.45) is 5.73 Å². The van der Waals surface area contributed by atoms with E-state index in [0.717, 1.165) is 19.5 Å². The van der Waals surface area contributed by atoms with Crippen molar-refractivity contribution in [3.05, 3.63) is 12.2 Å². The van der Waals surface area contributed by atoms with Crippen molar-refractivity contribution in [3.8, 4) is 0 Å². The molecule has 0 aliphatic heterocycles. The van der Waals surface area contributed by atoms with Crippen LogP contribution in [-0.2, 0) is 0 Å². The molecule has 0 rings (SSSR count). The number of hydrogen-bond donors (Lipinski definition) is 2. The summed E-state index contributed by atoms with van der Waals surface area (Å²) in [6, 6.07) is 0.303. The largest absolute Gasteiger partial charge is 0.328 e. The number of nitrogens with one attached hydrogen (secondary N) is 1. The highest BCUT2D eigenvalue weighted by molar-refractivity contribution is 4.90. The Kier molecular flexibility index (Phi) is 5.26. The molecule has 0 radical (unpaired) electrons. The van der Waals surface area contributed by atoms with Gasteiger partial charge in [-0.15, -0.1) is 0 Å². The van der Waals surface area contributed by atoms with E-state index >= 15 is 0 Å². The Labute approximate surface area is 63.5 Å². The maximum Gasteiger partial charge on any atom is 0.0159 e. The molecule has 0 fully saturated rings. The van der Waals surface area contributed by atoms with Crippen molar-refractivity contribution in [2.75, 3.05) is 13.1 Å². The molecule has 2 nitrogen and oxygen atoms in total. The lowest BCUT2D eigenvalue weighted by Crippen LogP contribution is -2.24. The van der Waals surface area contributed by atoms with E-state index in [1.807, 2.05) is 13.8 Å². The summed E-state index contributed by atoms with van der Waals surface area (Å²) in [5, 5.41) is 3.24. The van der Waals surface area contributed by atoms with Gasteiger partial charge in [-0.2, -0.15) is 0 Å². The Hall–Kier alpha value is -0.340. The molecule has 0 spiro atoms. The zero-order valence-corrected chi connectivity index (χ0v) is 6.98. The SMILES string of the molecule is C=C(C)CNCCC(C)N. The van der Waals surface area contributed by atoms with Crippen LogP contribution in [0.5, 0.6) is 0 Å². The van der Waals surface area contributed by atoms with E-state index in [4.69, 9.17) is 5.73 Å². The summed E-state index contributed by atoms with van der Waals surface area (Å²) in [4.78, 5) is 0. The molecule has 0 amide bonds. The van der Waals surface area contributed by atoms with Crippen LogP contribution in [-0.4, -0.2) is 19.1 Å². The minimum atomic E-state index is 0.303. The fourth-order valence-electron chi connectivity index (χ4n) is 0.632. The monoisotopic (exact) mass is 142 g/mol. The minimum absolute atomic E-state index is 0.303.